The van der Waals surface area contributed by atoms with E-state index in [4.69, 9.17) is 0 Å². The molecule has 0 unspecified atom stereocenters. The van der Waals surface area contributed by atoms with E-state index < -0.39 is 0 Å². The summed E-state index contributed by atoms with van der Waals surface area (Å²) in [6.45, 7) is 3.92. The first-order chi connectivity index (χ1) is 11.0. The average molecular weight is 365 g/mol. The number of hydrogen-bond donors (Lipinski definition) is 0. The highest BCUT2D eigenvalue weighted by Crippen LogP contribution is 2.29. The zero-order valence-corrected chi connectivity index (χ0v) is 15.5. The van der Waals surface area contributed by atoms with Gasteiger partial charge in [0.05, 0.1) is 22.0 Å². The maximum atomic E-state index is 12.4. The fourth-order valence-electron chi connectivity index (χ4n) is 2.01. The second kappa shape index (κ2) is 6.94. The Hall–Kier alpha value is -1.51. The third kappa shape index (κ3) is 3.70. The minimum Gasteiger partial charge on any atom is -0.336 e. The number of carbonyl (C=O) groups excluding carboxylic acids is 1. The van der Waals surface area contributed by atoms with E-state index >= 15 is 0 Å². The number of rotatable bonds is 5. The Labute approximate surface area is 146 Å². The lowest BCUT2D eigenvalue weighted by molar-refractivity contribution is -0.128. The van der Waals surface area contributed by atoms with E-state index in [0.717, 1.165) is 24.6 Å². The van der Waals surface area contributed by atoms with Crippen molar-refractivity contribution < 1.29 is 4.79 Å². The van der Waals surface area contributed by atoms with Crippen LogP contribution in [0.3, 0.4) is 0 Å². The zero-order valence-electron chi connectivity index (χ0n) is 13.0. The summed E-state index contributed by atoms with van der Waals surface area (Å²) in [4.78, 5) is 18.8. The summed E-state index contributed by atoms with van der Waals surface area (Å²) in [5.74, 6) is 0.426. The summed E-state index contributed by atoms with van der Waals surface area (Å²) in [6.07, 6.45) is 0. The molecule has 0 aliphatic heterocycles. The average Bonchev–Trinajstić information content (AvgIpc) is 3.16. The molecule has 3 rings (SSSR count). The summed E-state index contributed by atoms with van der Waals surface area (Å²) in [5.41, 5.74) is 0.985. The van der Waals surface area contributed by atoms with E-state index in [-0.39, 0.29) is 11.9 Å². The number of thioether (sulfide) groups is 1. The molecule has 8 heteroatoms. The monoisotopic (exact) mass is 364 g/mol. The molecule has 0 bridgehead atoms. The lowest BCUT2D eigenvalue weighted by atomic mass is 10.3. The number of hydrogen-bond acceptors (Lipinski definition) is 7. The first-order valence-corrected chi connectivity index (χ1v) is 9.70. The molecule has 0 saturated carbocycles. The van der Waals surface area contributed by atoms with Gasteiger partial charge in [0.1, 0.15) is 10.0 Å². The molecule has 0 aliphatic carbocycles. The van der Waals surface area contributed by atoms with Crippen molar-refractivity contribution in [3.05, 3.63) is 34.3 Å². The number of aryl methyl sites for hydroxylation is 1. The Morgan fingerprint density at radius 1 is 1.30 bits per heavy atom. The van der Waals surface area contributed by atoms with Gasteiger partial charge in [-0.05, 0) is 26.0 Å². The van der Waals surface area contributed by atoms with Crippen LogP contribution in [0.4, 0.5) is 0 Å². The second-order valence-electron chi connectivity index (χ2n) is 5.08. The van der Waals surface area contributed by atoms with Gasteiger partial charge in [-0.25, -0.2) is 4.98 Å². The lowest BCUT2D eigenvalue weighted by Crippen LogP contribution is -2.31. The molecule has 0 saturated heterocycles. The van der Waals surface area contributed by atoms with Crippen LogP contribution in [0.2, 0.25) is 0 Å². The van der Waals surface area contributed by atoms with Crippen molar-refractivity contribution in [3.63, 3.8) is 0 Å². The van der Waals surface area contributed by atoms with E-state index in [0.29, 0.717) is 5.75 Å². The molecule has 2 heterocycles. The minimum absolute atomic E-state index is 0.0448. The van der Waals surface area contributed by atoms with Gasteiger partial charge < -0.3 is 4.90 Å². The van der Waals surface area contributed by atoms with Crippen LogP contribution in [0.5, 0.6) is 0 Å². The third-order valence-electron chi connectivity index (χ3n) is 3.47. The van der Waals surface area contributed by atoms with Crippen molar-refractivity contribution >= 4 is 50.6 Å². The van der Waals surface area contributed by atoms with E-state index in [1.807, 2.05) is 39.1 Å². The molecule has 2 aromatic heterocycles. The summed E-state index contributed by atoms with van der Waals surface area (Å²) < 4.78 is 1.98. The molecule has 0 fully saturated rings. The van der Waals surface area contributed by atoms with Crippen molar-refractivity contribution in [2.75, 3.05) is 12.8 Å². The first-order valence-electron chi connectivity index (χ1n) is 7.08. The lowest BCUT2D eigenvalue weighted by Gasteiger charge is -2.22. The molecule has 1 amide bonds. The fraction of sp³-hybridized carbons (Fsp3) is 0.333. The topological polar surface area (TPSA) is 59.0 Å². The Kier molecular flexibility index (Phi) is 4.93. The number of benzene rings is 1. The van der Waals surface area contributed by atoms with Gasteiger partial charge in [-0.2, -0.15) is 0 Å². The standard InChI is InChI=1S/C15H16N4OS3/c1-9(14-16-11-6-4-5-7-12(11)23-14)19(3)13(20)8-21-15-18-17-10(2)22-15/h4-7,9H,8H2,1-3H3/t9-/m0/s1. The smallest absolute Gasteiger partial charge is 0.233 e. The molecule has 0 N–H and O–H groups in total. The fourth-order valence-corrected chi connectivity index (χ4v) is 4.81. The van der Waals surface area contributed by atoms with Gasteiger partial charge in [-0.15, -0.1) is 21.5 Å². The summed E-state index contributed by atoms with van der Waals surface area (Å²) in [6, 6.07) is 7.99. The predicted molar refractivity (Wildman–Crippen MR) is 96.2 cm³/mol. The molecule has 1 atom stereocenters. The molecule has 120 valence electrons. The number of amides is 1. The zero-order chi connectivity index (χ0) is 16.4. The molecule has 0 radical (unpaired) electrons. The highest BCUT2D eigenvalue weighted by molar-refractivity contribution is 8.01. The number of carbonyl (C=O) groups is 1. The van der Waals surface area contributed by atoms with Gasteiger partial charge in [0.15, 0.2) is 4.34 Å². The summed E-state index contributed by atoms with van der Waals surface area (Å²) in [7, 11) is 1.82. The molecule has 0 spiro atoms. The molecule has 3 aromatic rings. The minimum atomic E-state index is -0.0448. The van der Waals surface area contributed by atoms with Crippen molar-refractivity contribution in [2.24, 2.45) is 0 Å². The molecule has 1 aromatic carbocycles. The van der Waals surface area contributed by atoms with Crippen molar-refractivity contribution in [1.82, 2.24) is 20.1 Å². The van der Waals surface area contributed by atoms with E-state index in [2.05, 4.69) is 21.2 Å². The van der Waals surface area contributed by atoms with E-state index in [9.17, 15) is 4.79 Å². The Morgan fingerprint density at radius 2 is 2.09 bits per heavy atom. The van der Waals surface area contributed by atoms with Gasteiger partial charge in [0.25, 0.3) is 0 Å². The predicted octanol–water partition coefficient (Wildman–Crippen LogP) is 3.77. The highest BCUT2D eigenvalue weighted by Gasteiger charge is 2.21. The largest absolute Gasteiger partial charge is 0.336 e. The first kappa shape index (κ1) is 16.4. The number of fused-ring (bicyclic) bond motifs is 1. The molecule has 23 heavy (non-hydrogen) atoms. The third-order valence-corrected chi connectivity index (χ3v) is 6.63. The van der Waals surface area contributed by atoms with Crippen LogP contribution in [0.15, 0.2) is 28.6 Å². The van der Waals surface area contributed by atoms with Crippen molar-refractivity contribution in [2.45, 2.75) is 24.2 Å². The SMILES string of the molecule is Cc1nnc(SCC(=O)N(C)[C@@H](C)c2nc3ccccc3s2)s1. The normalized spacial score (nSPS) is 12.5. The maximum Gasteiger partial charge on any atom is 0.233 e. The highest BCUT2D eigenvalue weighted by atomic mass is 32.2. The van der Waals surface area contributed by atoms with Crippen LogP contribution in [0, 0.1) is 6.92 Å². The molecule has 0 aliphatic rings. The second-order valence-corrected chi connectivity index (χ2v) is 8.54. The van der Waals surface area contributed by atoms with Crippen LogP contribution in [0.1, 0.15) is 23.0 Å². The van der Waals surface area contributed by atoms with Gasteiger partial charge in [-0.1, -0.05) is 35.2 Å². The Balaban J connectivity index is 1.65. The van der Waals surface area contributed by atoms with Crippen molar-refractivity contribution in [3.8, 4) is 0 Å². The van der Waals surface area contributed by atoms with Crippen LogP contribution in [-0.4, -0.2) is 38.8 Å². The number of para-hydroxylation sites is 1. The maximum absolute atomic E-state index is 12.4. The van der Waals surface area contributed by atoms with Gasteiger partial charge in [-0.3, -0.25) is 4.79 Å². The van der Waals surface area contributed by atoms with Gasteiger partial charge >= 0.3 is 0 Å². The molecular weight excluding hydrogens is 348 g/mol. The number of aromatic nitrogens is 3. The Morgan fingerprint density at radius 3 is 2.78 bits per heavy atom. The van der Waals surface area contributed by atoms with Crippen molar-refractivity contribution in [1.29, 1.82) is 0 Å². The van der Waals surface area contributed by atoms with Crippen LogP contribution >= 0.6 is 34.4 Å². The van der Waals surface area contributed by atoms with Gasteiger partial charge in [0.2, 0.25) is 5.91 Å². The Bertz CT molecular complexity index is 796. The van der Waals surface area contributed by atoms with Crippen LogP contribution < -0.4 is 0 Å². The number of thiazole rings is 1. The summed E-state index contributed by atoms with van der Waals surface area (Å²) in [5, 5.41) is 9.86. The van der Waals surface area contributed by atoms with E-state index in [1.54, 1.807) is 16.2 Å². The van der Waals surface area contributed by atoms with Crippen LogP contribution in [0.25, 0.3) is 10.2 Å². The summed E-state index contributed by atoms with van der Waals surface area (Å²) >= 11 is 4.58. The quantitative estimate of drug-likeness (QED) is 0.645. The van der Waals surface area contributed by atoms with E-state index in [1.165, 1.54) is 23.1 Å². The van der Waals surface area contributed by atoms with Crippen LogP contribution in [-0.2, 0) is 4.79 Å². The number of nitrogens with zero attached hydrogens (tertiary/aromatic N) is 4. The van der Waals surface area contributed by atoms with Gasteiger partial charge in [0, 0.05) is 7.05 Å². The molecule has 5 nitrogen and oxygen atoms in total. The molecular formula is C15H16N4OS3.